The lowest BCUT2D eigenvalue weighted by Gasteiger charge is -2.12. The third-order valence-electron chi connectivity index (χ3n) is 17.1. The molecule has 12 N–H and O–H groups in total. The van der Waals surface area contributed by atoms with Crippen molar-refractivity contribution in [2.75, 3.05) is 35.0 Å². The number of halogens is 4. The van der Waals surface area contributed by atoms with Gasteiger partial charge in [0, 0.05) is 12.6 Å². The van der Waals surface area contributed by atoms with Gasteiger partial charge in [-0.2, -0.15) is 20.4 Å². The third kappa shape index (κ3) is 13.5. The van der Waals surface area contributed by atoms with Crippen LogP contribution >= 0.6 is 0 Å². The van der Waals surface area contributed by atoms with Gasteiger partial charge in [0.2, 0.25) is 0 Å². The molecule has 17 aromatic rings. The molecule has 0 atom stereocenters. The number of pyridine rings is 1. The molecule has 0 bridgehead atoms. The van der Waals surface area contributed by atoms with E-state index in [1.54, 1.807) is 50.1 Å². The predicted molar refractivity (Wildman–Crippen MR) is 389 cm³/mol. The van der Waals surface area contributed by atoms with E-state index in [9.17, 15) is 36.7 Å². The number of anilines is 4. The summed E-state index contributed by atoms with van der Waals surface area (Å²) in [6.07, 6.45) is 6.09. The number of aromatic amines is 8. The van der Waals surface area contributed by atoms with Gasteiger partial charge in [-0.3, -0.25) is 44.6 Å². The van der Waals surface area contributed by atoms with Crippen LogP contribution in [-0.4, -0.2) is 129 Å². The van der Waals surface area contributed by atoms with Crippen molar-refractivity contribution in [3.05, 3.63) is 246 Å². The second-order valence-electron chi connectivity index (χ2n) is 23.9. The van der Waals surface area contributed by atoms with Crippen LogP contribution in [0.1, 0.15) is 47.0 Å². The maximum absolute atomic E-state index is 13.7. The number of carbonyl (C=O) groups excluding carboxylic acids is 4. The van der Waals surface area contributed by atoms with Gasteiger partial charge in [0.05, 0.1) is 128 Å². The number of carbonyl (C=O) groups is 4. The number of alkyl halides is 2. The number of hydrogen-bond acceptors (Lipinski definition) is 17. The van der Waals surface area contributed by atoms with E-state index in [1.165, 1.54) is 36.7 Å². The van der Waals surface area contributed by atoms with Gasteiger partial charge in [-0.05, 0) is 95.2 Å². The Bertz CT molecular complexity index is 6140. The SMILES string of the molecule is COc1ccc2ccccc2c1C(=O)Nc1cn[nH]c1-c1nc2ccccc2[nH]1.O=C(Nc1cn[nH]c1-c1nc2ccccc2[nH]1)c1cccc2c1OC(F)(F)O2.O=C(Nc1cn[nH]c1-c1nc2ccccc2[nH]1)c1cccc2c1OCC2.O=C(Nc1cn[nH]c1-c1nc2ccncc2[nH]1)c1c(F)cccc1F. The first-order valence-electron chi connectivity index (χ1n) is 32.8. The van der Waals surface area contributed by atoms with Gasteiger partial charge >= 0.3 is 6.29 Å². The van der Waals surface area contributed by atoms with Crippen molar-refractivity contribution in [3.63, 3.8) is 0 Å². The molecule has 19 rings (SSSR count). The summed E-state index contributed by atoms with van der Waals surface area (Å²) in [5.41, 5.74) is 11.5. The predicted octanol–water partition coefficient (Wildman–Crippen LogP) is 13.9. The Balaban J connectivity index is 0.000000110. The molecule has 0 spiro atoms. The van der Waals surface area contributed by atoms with Crippen LogP contribution in [0, 0.1) is 11.6 Å². The highest BCUT2D eigenvalue weighted by atomic mass is 19.3. The highest BCUT2D eigenvalue weighted by Crippen LogP contribution is 2.44. The number of benzene rings is 8. The molecule has 33 heteroatoms. The van der Waals surface area contributed by atoms with E-state index >= 15 is 0 Å². The first-order valence-corrected chi connectivity index (χ1v) is 32.8. The average Bonchev–Trinajstić information content (AvgIpc) is 1.38. The lowest BCUT2D eigenvalue weighted by molar-refractivity contribution is -0.286. The summed E-state index contributed by atoms with van der Waals surface area (Å²) in [6.45, 7) is 0.607. The fourth-order valence-corrected chi connectivity index (χ4v) is 12.1. The van der Waals surface area contributed by atoms with Crippen LogP contribution in [0.4, 0.5) is 40.3 Å². The maximum atomic E-state index is 13.7. The van der Waals surface area contributed by atoms with Crippen molar-refractivity contribution in [2.45, 2.75) is 12.7 Å². The van der Waals surface area contributed by atoms with Gasteiger partial charge in [-0.1, -0.05) is 91.0 Å². The number of amides is 4. The smallest absolute Gasteiger partial charge is 0.496 e. The lowest BCUT2D eigenvalue weighted by Crippen LogP contribution is -2.26. The van der Waals surface area contributed by atoms with E-state index < -0.39 is 35.3 Å². The minimum absolute atomic E-state index is 0.0913. The van der Waals surface area contributed by atoms with Crippen LogP contribution in [0.15, 0.2) is 207 Å². The Morgan fingerprint density at radius 3 is 1.40 bits per heavy atom. The number of rotatable bonds is 13. The molecule has 2 aliphatic rings. The summed E-state index contributed by atoms with van der Waals surface area (Å²) < 4.78 is 74.1. The Hall–Kier alpha value is -15.3. The molecule has 9 aromatic heterocycles. The number of methoxy groups -OCH3 is 1. The van der Waals surface area contributed by atoms with Crippen molar-refractivity contribution in [3.8, 4) is 69.1 Å². The van der Waals surface area contributed by atoms with Gasteiger partial charge < -0.3 is 60.2 Å². The molecular weight excluding hydrogens is 1400 g/mol. The van der Waals surface area contributed by atoms with Gasteiger partial charge in [0.1, 0.15) is 51.5 Å². The summed E-state index contributed by atoms with van der Waals surface area (Å²) in [5, 5.41) is 39.9. The molecule has 29 nitrogen and oxygen atoms in total. The van der Waals surface area contributed by atoms with Crippen molar-refractivity contribution in [1.82, 2.24) is 85.6 Å². The minimum Gasteiger partial charge on any atom is -0.496 e. The highest BCUT2D eigenvalue weighted by Gasteiger charge is 2.45. The fourth-order valence-electron chi connectivity index (χ4n) is 12.1. The molecule has 0 saturated carbocycles. The summed E-state index contributed by atoms with van der Waals surface area (Å²) in [5.74, 6) is -1.24. The largest absolute Gasteiger partial charge is 0.586 e. The van der Waals surface area contributed by atoms with Gasteiger partial charge in [-0.15, -0.1) is 8.78 Å². The molecule has 2 aliphatic heterocycles. The molecule has 108 heavy (non-hydrogen) atoms. The number of nitrogens with one attached hydrogen (secondary N) is 12. The van der Waals surface area contributed by atoms with Gasteiger partial charge in [-0.25, -0.2) is 28.7 Å². The van der Waals surface area contributed by atoms with Crippen LogP contribution in [0.3, 0.4) is 0 Å². The Labute approximate surface area is 603 Å². The zero-order valence-electron chi connectivity index (χ0n) is 55.8. The van der Waals surface area contributed by atoms with Crippen LogP contribution in [0.5, 0.6) is 23.0 Å². The second kappa shape index (κ2) is 28.5. The van der Waals surface area contributed by atoms with E-state index in [0.29, 0.717) is 103 Å². The Morgan fingerprint density at radius 2 is 0.889 bits per heavy atom. The lowest BCUT2D eigenvalue weighted by atomic mass is 10.0. The van der Waals surface area contributed by atoms with Crippen LogP contribution < -0.4 is 40.2 Å². The number of hydrogen-bond donors (Lipinski definition) is 12. The number of fused-ring (bicyclic) bond motifs is 7. The number of H-pyrrole nitrogens is 8. The van der Waals surface area contributed by atoms with Crippen LogP contribution in [0.25, 0.3) is 101 Å². The molecule has 0 unspecified atom stereocenters. The first-order chi connectivity index (χ1) is 52.7. The van der Waals surface area contributed by atoms with E-state index in [-0.39, 0.29) is 34.6 Å². The van der Waals surface area contributed by atoms with E-state index in [2.05, 4.69) is 116 Å². The fraction of sp³-hybridized carbons (Fsp3) is 0.0533. The molecule has 8 aromatic carbocycles. The van der Waals surface area contributed by atoms with E-state index in [0.717, 1.165) is 68.0 Å². The van der Waals surface area contributed by atoms with Crippen molar-refractivity contribution in [2.24, 2.45) is 0 Å². The molecule has 0 saturated heterocycles. The maximum Gasteiger partial charge on any atom is 0.586 e. The highest BCUT2D eigenvalue weighted by molar-refractivity contribution is 6.16. The number of nitrogens with zero attached hydrogens (tertiary/aromatic N) is 9. The summed E-state index contributed by atoms with van der Waals surface area (Å²) >= 11 is 0. The quantitative estimate of drug-likeness (QED) is 0.0477. The molecular formula is C75H53F4N21O8. The first kappa shape index (κ1) is 67.2. The average molecular weight is 1450 g/mol. The number of para-hydroxylation sites is 8. The number of aromatic nitrogens is 17. The number of imidazole rings is 4. The van der Waals surface area contributed by atoms with E-state index in [1.807, 2.05) is 115 Å². The Kier molecular flexibility index (Phi) is 17.7. The molecule has 11 heterocycles. The monoisotopic (exact) mass is 1450 g/mol. The zero-order chi connectivity index (χ0) is 74.0. The Morgan fingerprint density at radius 1 is 0.444 bits per heavy atom. The van der Waals surface area contributed by atoms with Crippen molar-refractivity contribution in [1.29, 1.82) is 0 Å². The molecule has 534 valence electrons. The van der Waals surface area contributed by atoms with E-state index in [4.69, 9.17) is 9.47 Å². The number of ether oxygens (including phenoxy) is 4. The van der Waals surface area contributed by atoms with Crippen LogP contribution in [-0.2, 0) is 6.42 Å². The standard InChI is InChI=1S/C22H17N5O2.C19H15N5O2.C18H11F2N5O3.C16H10F2N6O/c1-29-18-11-10-13-6-2-3-7-14(13)19(18)22(28)26-17-12-23-27-20(17)21-24-15-8-4-5-9-16(15)25-21;25-19(12-5-3-4-11-8-9-26-17(11)12)23-15-10-20-24-16(15)18-21-13-6-1-2-7-14(13)22-18;19-18(20)27-13-7-3-4-9(15(13)28-18)17(26)24-12-8-21-25-14(12)16-22-10-5-1-2-6-11(10)23-16;17-8-2-1-3-9(18)13(8)16(25)23-12-7-20-24-14(12)15-21-10-4-5-19-6-11(10)22-15/h2-12H,1H3,(H,23,27)(H,24,25)(H,26,28);1-7,10H,8-9H2,(H,20,24)(H,21,22)(H,23,25);1-8H,(H,21,25)(H,22,23)(H,24,26);1-7H,(H,20,24)(H,21,22)(H,23,25). The summed E-state index contributed by atoms with van der Waals surface area (Å²) in [6, 6.07) is 49.0. The zero-order valence-corrected chi connectivity index (χ0v) is 55.8. The molecule has 0 aliphatic carbocycles. The minimum atomic E-state index is -3.81. The molecule has 0 radical (unpaired) electrons. The van der Waals surface area contributed by atoms with Crippen molar-refractivity contribution < 1.29 is 55.7 Å². The summed E-state index contributed by atoms with van der Waals surface area (Å²) in [4.78, 5) is 85.4. The second-order valence-corrected chi connectivity index (χ2v) is 23.9. The molecule has 0 fully saturated rings. The van der Waals surface area contributed by atoms with Crippen LogP contribution in [0.2, 0.25) is 0 Å². The van der Waals surface area contributed by atoms with Gasteiger partial charge in [0.25, 0.3) is 23.6 Å². The third-order valence-corrected chi connectivity index (χ3v) is 17.1. The van der Waals surface area contributed by atoms with Crippen molar-refractivity contribution >= 4 is 101 Å². The topological polar surface area (TPSA) is 396 Å². The van der Waals surface area contributed by atoms with Gasteiger partial charge in [0.15, 0.2) is 34.8 Å². The molecule has 4 amide bonds. The normalized spacial score (nSPS) is 12.3. The summed E-state index contributed by atoms with van der Waals surface area (Å²) in [7, 11) is 1.55.